The average Bonchev–Trinajstić information content (AvgIpc) is 2.53. The smallest absolute Gasteiger partial charge is 0.271 e. The molecule has 0 aliphatic heterocycles. The molecule has 2 amide bonds. The molecular formula is C14H12IN3O3. The topological polar surface area (TPSA) is 80.3 Å². The van der Waals surface area contributed by atoms with Crippen LogP contribution in [0.4, 0.5) is 0 Å². The maximum Gasteiger partial charge on any atom is 0.271 e. The number of halogens is 1. The molecule has 0 saturated carbocycles. The highest BCUT2D eigenvalue weighted by molar-refractivity contribution is 14.1. The van der Waals surface area contributed by atoms with E-state index in [1.54, 1.807) is 43.6 Å². The molecule has 2 rings (SSSR count). The molecule has 0 bridgehead atoms. The molecule has 2 N–H and O–H groups in total. The molecule has 0 saturated heterocycles. The normalized spacial score (nSPS) is 9.81. The number of pyridine rings is 1. The average molecular weight is 397 g/mol. The molecule has 1 heterocycles. The summed E-state index contributed by atoms with van der Waals surface area (Å²) in [6, 6.07) is 8.23. The van der Waals surface area contributed by atoms with Gasteiger partial charge in [0.05, 0.1) is 16.2 Å². The second kappa shape index (κ2) is 7.02. The predicted octanol–water partition coefficient (Wildman–Crippen LogP) is 1.77. The van der Waals surface area contributed by atoms with Gasteiger partial charge in [0, 0.05) is 18.0 Å². The summed E-state index contributed by atoms with van der Waals surface area (Å²) in [6.45, 7) is 0. The summed E-state index contributed by atoms with van der Waals surface area (Å²) in [7, 11) is 1.56. The molecule has 1 aromatic heterocycles. The number of hydrazine groups is 1. The van der Waals surface area contributed by atoms with Gasteiger partial charge in [0.15, 0.2) is 0 Å². The number of benzene rings is 1. The molecule has 21 heavy (non-hydrogen) atoms. The Bertz CT molecular complexity index is 662. The second-order valence-electron chi connectivity index (χ2n) is 4.00. The molecular weight excluding hydrogens is 385 g/mol. The van der Waals surface area contributed by atoms with Gasteiger partial charge in [-0.15, -0.1) is 0 Å². The van der Waals surface area contributed by atoms with Gasteiger partial charge < -0.3 is 4.74 Å². The van der Waals surface area contributed by atoms with Crippen LogP contribution in [0.15, 0.2) is 42.7 Å². The van der Waals surface area contributed by atoms with Crippen LogP contribution < -0.4 is 15.6 Å². The van der Waals surface area contributed by atoms with Gasteiger partial charge in [-0.25, -0.2) is 0 Å². The van der Waals surface area contributed by atoms with E-state index in [0.29, 0.717) is 16.9 Å². The molecule has 0 spiro atoms. The van der Waals surface area contributed by atoms with Crippen LogP contribution in [-0.2, 0) is 0 Å². The summed E-state index contributed by atoms with van der Waals surface area (Å²) in [5, 5.41) is 0. The zero-order valence-corrected chi connectivity index (χ0v) is 13.2. The molecule has 0 radical (unpaired) electrons. The standard InChI is InChI=1S/C14H12IN3O3/c1-21-12-5-4-9(7-11(12)15)13(19)17-18-14(20)10-3-2-6-16-8-10/h2-8H,1H3,(H,17,19)(H,18,20). The third-order valence-electron chi connectivity index (χ3n) is 2.63. The minimum absolute atomic E-state index is 0.363. The molecule has 0 aliphatic rings. The molecule has 108 valence electrons. The van der Waals surface area contributed by atoms with Crippen molar-refractivity contribution in [3.63, 3.8) is 0 Å². The van der Waals surface area contributed by atoms with Crippen molar-refractivity contribution in [2.75, 3.05) is 7.11 Å². The summed E-state index contributed by atoms with van der Waals surface area (Å²) in [5.74, 6) is -0.154. The van der Waals surface area contributed by atoms with Gasteiger partial charge in [-0.2, -0.15) is 0 Å². The maximum absolute atomic E-state index is 11.9. The number of aromatic nitrogens is 1. The van der Waals surface area contributed by atoms with Crippen LogP contribution in [0.5, 0.6) is 5.75 Å². The highest BCUT2D eigenvalue weighted by Gasteiger charge is 2.10. The van der Waals surface area contributed by atoms with Gasteiger partial charge in [-0.05, 0) is 52.9 Å². The van der Waals surface area contributed by atoms with Gasteiger partial charge in [0.2, 0.25) is 0 Å². The number of nitrogens with zero attached hydrogens (tertiary/aromatic N) is 1. The summed E-state index contributed by atoms with van der Waals surface area (Å²) in [6.07, 6.45) is 2.98. The van der Waals surface area contributed by atoms with Crippen LogP contribution in [0.2, 0.25) is 0 Å². The SMILES string of the molecule is COc1ccc(C(=O)NNC(=O)c2cccnc2)cc1I. The number of carbonyl (C=O) groups excluding carboxylic acids is 2. The third kappa shape index (κ3) is 3.91. The number of hydrogen-bond donors (Lipinski definition) is 2. The maximum atomic E-state index is 11.9. The van der Waals surface area contributed by atoms with E-state index in [1.807, 2.05) is 0 Å². The van der Waals surface area contributed by atoms with E-state index in [2.05, 4.69) is 38.4 Å². The van der Waals surface area contributed by atoms with Crippen LogP contribution in [0.25, 0.3) is 0 Å². The summed E-state index contributed by atoms with van der Waals surface area (Å²) in [5.41, 5.74) is 5.47. The second-order valence-corrected chi connectivity index (χ2v) is 5.16. The van der Waals surface area contributed by atoms with Gasteiger partial charge in [0.1, 0.15) is 5.75 Å². The fraction of sp³-hybridized carbons (Fsp3) is 0.0714. The lowest BCUT2D eigenvalue weighted by molar-refractivity contribution is 0.0846. The first-order chi connectivity index (χ1) is 10.1. The number of ether oxygens (including phenoxy) is 1. The van der Waals surface area contributed by atoms with E-state index < -0.39 is 11.8 Å². The van der Waals surface area contributed by atoms with E-state index in [0.717, 1.165) is 3.57 Å². The van der Waals surface area contributed by atoms with Crippen molar-refractivity contribution >= 4 is 34.4 Å². The minimum atomic E-state index is -0.431. The summed E-state index contributed by atoms with van der Waals surface area (Å²) in [4.78, 5) is 27.5. The Morgan fingerprint density at radius 3 is 2.43 bits per heavy atom. The molecule has 7 heteroatoms. The molecule has 2 aromatic rings. The lowest BCUT2D eigenvalue weighted by atomic mass is 10.2. The van der Waals surface area contributed by atoms with Crippen molar-refractivity contribution in [1.29, 1.82) is 0 Å². The van der Waals surface area contributed by atoms with Crippen molar-refractivity contribution in [2.24, 2.45) is 0 Å². The zero-order valence-electron chi connectivity index (χ0n) is 11.1. The number of methoxy groups -OCH3 is 1. The van der Waals surface area contributed by atoms with Crippen LogP contribution in [0, 0.1) is 3.57 Å². The van der Waals surface area contributed by atoms with E-state index in [4.69, 9.17) is 4.74 Å². The van der Waals surface area contributed by atoms with Crippen molar-refractivity contribution in [3.05, 3.63) is 57.4 Å². The van der Waals surface area contributed by atoms with E-state index in [-0.39, 0.29) is 0 Å². The van der Waals surface area contributed by atoms with Crippen LogP contribution in [0.3, 0.4) is 0 Å². The quantitative estimate of drug-likeness (QED) is 0.611. The van der Waals surface area contributed by atoms with Crippen LogP contribution in [0.1, 0.15) is 20.7 Å². The van der Waals surface area contributed by atoms with Crippen LogP contribution in [-0.4, -0.2) is 23.9 Å². The molecule has 0 aliphatic carbocycles. The monoisotopic (exact) mass is 397 g/mol. The Morgan fingerprint density at radius 1 is 1.14 bits per heavy atom. The fourth-order valence-corrected chi connectivity index (χ4v) is 2.30. The molecule has 0 fully saturated rings. The Labute approximate surface area is 135 Å². The van der Waals surface area contributed by atoms with Crippen molar-refractivity contribution in [1.82, 2.24) is 15.8 Å². The lowest BCUT2D eigenvalue weighted by Crippen LogP contribution is -2.41. The first-order valence-electron chi connectivity index (χ1n) is 5.96. The number of nitrogens with one attached hydrogen (secondary N) is 2. The van der Waals surface area contributed by atoms with Gasteiger partial charge in [0.25, 0.3) is 11.8 Å². The third-order valence-corrected chi connectivity index (χ3v) is 3.47. The Balaban J connectivity index is 1.99. The van der Waals surface area contributed by atoms with Gasteiger partial charge in [-0.1, -0.05) is 0 Å². The largest absolute Gasteiger partial charge is 0.496 e. The highest BCUT2D eigenvalue weighted by atomic mass is 127. The molecule has 6 nitrogen and oxygen atoms in total. The predicted molar refractivity (Wildman–Crippen MR) is 84.9 cm³/mol. The Kier molecular flexibility index (Phi) is 5.09. The first kappa shape index (κ1) is 15.2. The highest BCUT2D eigenvalue weighted by Crippen LogP contribution is 2.21. The molecule has 0 atom stereocenters. The van der Waals surface area contributed by atoms with Crippen molar-refractivity contribution in [3.8, 4) is 5.75 Å². The Morgan fingerprint density at radius 2 is 1.86 bits per heavy atom. The van der Waals surface area contributed by atoms with Crippen molar-refractivity contribution < 1.29 is 14.3 Å². The van der Waals surface area contributed by atoms with Gasteiger partial charge >= 0.3 is 0 Å². The fourth-order valence-electron chi connectivity index (χ4n) is 1.56. The summed E-state index contributed by atoms with van der Waals surface area (Å²) < 4.78 is 5.93. The zero-order chi connectivity index (χ0) is 15.2. The van der Waals surface area contributed by atoms with Crippen molar-refractivity contribution in [2.45, 2.75) is 0 Å². The minimum Gasteiger partial charge on any atom is -0.496 e. The molecule has 0 unspecified atom stereocenters. The van der Waals surface area contributed by atoms with E-state index in [9.17, 15) is 9.59 Å². The summed E-state index contributed by atoms with van der Waals surface area (Å²) >= 11 is 2.07. The van der Waals surface area contributed by atoms with Gasteiger partial charge in [-0.3, -0.25) is 25.4 Å². The number of amides is 2. The Hall–Kier alpha value is -2.16. The number of carbonyl (C=O) groups is 2. The van der Waals surface area contributed by atoms with Crippen LogP contribution >= 0.6 is 22.6 Å². The number of rotatable bonds is 3. The number of hydrogen-bond acceptors (Lipinski definition) is 4. The first-order valence-corrected chi connectivity index (χ1v) is 7.04. The molecule has 1 aromatic carbocycles. The van der Waals surface area contributed by atoms with E-state index >= 15 is 0 Å². The van der Waals surface area contributed by atoms with E-state index in [1.165, 1.54) is 6.20 Å². The lowest BCUT2D eigenvalue weighted by Gasteiger charge is -2.09.